The van der Waals surface area contributed by atoms with E-state index in [4.69, 9.17) is 23.2 Å². The van der Waals surface area contributed by atoms with Gasteiger partial charge in [0, 0.05) is 5.41 Å². The molecular formula is C5H5Cl2NO2S. The average Bonchev–Trinajstić information content (AvgIpc) is 2.30. The highest BCUT2D eigenvalue weighted by molar-refractivity contribution is 8.04. The summed E-state index contributed by atoms with van der Waals surface area (Å²) >= 11 is 12.6. The number of thioether (sulfide) groups is 1. The standard InChI is InChI=1S/C5H5Cl2NO2S/c1-10-5(9)8-3(6)2-11-4(8)7/h2,4H,1H3. The third kappa shape index (κ3) is 1.75. The first kappa shape index (κ1) is 9.03. The number of hydrogen-bond donors (Lipinski definition) is 0. The monoisotopic (exact) mass is 213 g/mol. The van der Waals surface area contributed by atoms with Crippen molar-refractivity contribution < 1.29 is 9.53 Å². The molecule has 0 saturated heterocycles. The number of hydrogen-bond acceptors (Lipinski definition) is 3. The third-order valence-electron chi connectivity index (χ3n) is 1.08. The highest BCUT2D eigenvalue weighted by Gasteiger charge is 2.30. The first-order valence-electron chi connectivity index (χ1n) is 2.69. The molecule has 1 aliphatic heterocycles. The predicted molar refractivity (Wildman–Crippen MR) is 45.4 cm³/mol. The topological polar surface area (TPSA) is 29.5 Å². The average molecular weight is 214 g/mol. The minimum atomic E-state index is -0.545. The van der Waals surface area contributed by atoms with Crippen molar-refractivity contribution in [2.75, 3.05) is 7.11 Å². The number of methoxy groups -OCH3 is 1. The molecule has 0 saturated carbocycles. The zero-order valence-corrected chi connectivity index (χ0v) is 7.91. The molecule has 6 heteroatoms. The molecule has 0 aromatic rings. The molecule has 62 valence electrons. The van der Waals surface area contributed by atoms with Crippen LogP contribution in [0.5, 0.6) is 0 Å². The lowest BCUT2D eigenvalue weighted by molar-refractivity contribution is 0.142. The Labute approximate surface area is 78.3 Å². The molecule has 0 aromatic carbocycles. The Morgan fingerprint density at radius 1 is 1.91 bits per heavy atom. The summed E-state index contributed by atoms with van der Waals surface area (Å²) in [6, 6.07) is 0. The van der Waals surface area contributed by atoms with Crippen LogP contribution < -0.4 is 0 Å². The van der Waals surface area contributed by atoms with E-state index in [0.29, 0.717) is 5.16 Å². The van der Waals surface area contributed by atoms with Gasteiger partial charge in [-0.25, -0.2) is 9.69 Å². The van der Waals surface area contributed by atoms with Crippen molar-refractivity contribution in [1.29, 1.82) is 0 Å². The van der Waals surface area contributed by atoms with E-state index in [1.165, 1.54) is 18.9 Å². The second-order valence-corrected chi connectivity index (χ2v) is 3.72. The van der Waals surface area contributed by atoms with Gasteiger partial charge in [0.25, 0.3) is 0 Å². The first-order valence-corrected chi connectivity index (χ1v) is 4.45. The van der Waals surface area contributed by atoms with Crippen molar-refractivity contribution in [1.82, 2.24) is 4.90 Å². The van der Waals surface area contributed by atoms with Crippen molar-refractivity contribution in [2.45, 2.75) is 4.83 Å². The molecule has 1 heterocycles. The Bertz CT molecular complexity index is 209. The lowest BCUT2D eigenvalue weighted by Gasteiger charge is -2.17. The van der Waals surface area contributed by atoms with E-state index in [9.17, 15) is 4.79 Å². The van der Waals surface area contributed by atoms with Crippen LogP contribution in [-0.4, -0.2) is 22.9 Å². The molecule has 11 heavy (non-hydrogen) atoms. The maximum Gasteiger partial charge on any atom is 0.416 e. The lowest BCUT2D eigenvalue weighted by Crippen LogP contribution is -2.29. The van der Waals surface area contributed by atoms with Gasteiger partial charge in [0.05, 0.1) is 7.11 Å². The van der Waals surface area contributed by atoms with Crippen LogP contribution in [-0.2, 0) is 4.74 Å². The van der Waals surface area contributed by atoms with Crippen LogP contribution in [0, 0.1) is 0 Å². The van der Waals surface area contributed by atoms with Crippen LogP contribution >= 0.6 is 35.0 Å². The summed E-state index contributed by atoms with van der Waals surface area (Å²) in [6.45, 7) is 0. The summed E-state index contributed by atoms with van der Waals surface area (Å²) in [7, 11) is 1.28. The molecule has 1 rings (SSSR count). The minimum absolute atomic E-state index is 0.293. The van der Waals surface area contributed by atoms with Gasteiger partial charge < -0.3 is 4.74 Å². The summed E-state index contributed by atoms with van der Waals surface area (Å²) in [6.07, 6.45) is -0.545. The number of alkyl halides is 1. The van der Waals surface area contributed by atoms with Crippen LogP contribution in [0.2, 0.25) is 0 Å². The van der Waals surface area contributed by atoms with E-state index in [1.54, 1.807) is 5.41 Å². The maximum absolute atomic E-state index is 10.9. The van der Waals surface area contributed by atoms with Crippen LogP contribution in [0.4, 0.5) is 4.79 Å². The van der Waals surface area contributed by atoms with Gasteiger partial charge in [0.15, 0.2) is 4.83 Å². The SMILES string of the molecule is COC(=O)N1C(Cl)=CSC1Cl. The minimum Gasteiger partial charge on any atom is -0.452 e. The summed E-state index contributed by atoms with van der Waals surface area (Å²) in [5.74, 6) is 0. The third-order valence-corrected chi connectivity index (χ3v) is 2.80. The lowest BCUT2D eigenvalue weighted by atomic mass is 10.8. The molecule has 1 amide bonds. The Morgan fingerprint density at radius 2 is 2.55 bits per heavy atom. The Balaban J connectivity index is 2.70. The van der Waals surface area contributed by atoms with E-state index in [2.05, 4.69) is 4.74 Å². The van der Waals surface area contributed by atoms with Gasteiger partial charge >= 0.3 is 6.09 Å². The molecule has 0 fully saturated rings. The maximum atomic E-state index is 10.9. The Morgan fingerprint density at radius 3 is 2.91 bits per heavy atom. The van der Waals surface area contributed by atoms with Crippen molar-refractivity contribution >= 4 is 41.1 Å². The fraction of sp³-hybridized carbons (Fsp3) is 0.400. The van der Waals surface area contributed by atoms with E-state index >= 15 is 0 Å². The Kier molecular flexibility index (Phi) is 2.92. The summed E-state index contributed by atoms with van der Waals surface area (Å²) in [4.78, 5) is 11.6. The molecule has 1 aliphatic rings. The molecule has 3 nitrogen and oxygen atoms in total. The molecule has 0 spiro atoms. The van der Waals surface area contributed by atoms with Gasteiger partial charge in [0.2, 0.25) is 0 Å². The van der Waals surface area contributed by atoms with E-state index in [-0.39, 0.29) is 0 Å². The molecule has 0 radical (unpaired) electrons. The van der Waals surface area contributed by atoms with Gasteiger partial charge in [-0.3, -0.25) is 0 Å². The van der Waals surface area contributed by atoms with Crippen LogP contribution in [0.15, 0.2) is 10.6 Å². The zero-order chi connectivity index (χ0) is 8.43. The highest BCUT2D eigenvalue weighted by atomic mass is 35.5. The molecule has 0 bridgehead atoms. The number of carbonyl (C=O) groups is 1. The summed E-state index contributed by atoms with van der Waals surface area (Å²) in [5, 5.41) is 1.89. The number of halogens is 2. The van der Waals surface area contributed by atoms with Crippen molar-refractivity contribution in [2.24, 2.45) is 0 Å². The predicted octanol–water partition coefficient (Wildman–Crippen LogP) is 2.36. The fourth-order valence-electron chi connectivity index (χ4n) is 0.595. The summed E-state index contributed by atoms with van der Waals surface area (Å²) < 4.78 is 4.44. The van der Waals surface area contributed by atoms with Crippen LogP contribution in [0.3, 0.4) is 0 Å². The van der Waals surface area contributed by atoms with Gasteiger partial charge in [-0.05, 0) is 0 Å². The van der Waals surface area contributed by atoms with Gasteiger partial charge in [-0.2, -0.15) is 0 Å². The number of nitrogens with zero attached hydrogens (tertiary/aromatic N) is 1. The smallest absolute Gasteiger partial charge is 0.416 e. The zero-order valence-electron chi connectivity index (χ0n) is 5.58. The number of amides is 1. The fourth-order valence-corrected chi connectivity index (χ4v) is 2.02. The van der Waals surface area contributed by atoms with Crippen LogP contribution in [0.1, 0.15) is 0 Å². The normalized spacial score (nSPS) is 23.4. The van der Waals surface area contributed by atoms with Crippen molar-refractivity contribution in [3.8, 4) is 0 Å². The van der Waals surface area contributed by atoms with Gasteiger partial charge in [-0.1, -0.05) is 35.0 Å². The number of ether oxygens (including phenoxy) is 1. The van der Waals surface area contributed by atoms with Gasteiger partial charge in [0.1, 0.15) is 5.16 Å². The molecule has 1 atom stereocenters. The van der Waals surface area contributed by atoms with Crippen molar-refractivity contribution in [3.05, 3.63) is 10.6 Å². The number of carbonyl (C=O) groups excluding carboxylic acids is 1. The second kappa shape index (κ2) is 3.56. The molecule has 0 N–H and O–H groups in total. The van der Waals surface area contributed by atoms with E-state index < -0.39 is 10.9 Å². The second-order valence-electron chi connectivity index (χ2n) is 1.71. The van der Waals surface area contributed by atoms with E-state index in [1.807, 2.05) is 0 Å². The van der Waals surface area contributed by atoms with Crippen molar-refractivity contribution in [3.63, 3.8) is 0 Å². The van der Waals surface area contributed by atoms with Gasteiger partial charge in [-0.15, -0.1) is 0 Å². The molecular weight excluding hydrogens is 209 g/mol. The number of rotatable bonds is 0. The summed E-state index contributed by atoms with van der Waals surface area (Å²) in [5.41, 5.74) is 0. The molecule has 0 aliphatic carbocycles. The first-order chi connectivity index (χ1) is 5.16. The Hall–Kier alpha value is -0.0600. The molecule has 0 aromatic heterocycles. The van der Waals surface area contributed by atoms with E-state index in [0.717, 1.165) is 4.90 Å². The molecule has 1 unspecified atom stereocenters. The van der Waals surface area contributed by atoms with Crippen LogP contribution in [0.25, 0.3) is 0 Å². The highest BCUT2D eigenvalue weighted by Crippen LogP contribution is 2.35. The quantitative estimate of drug-likeness (QED) is 0.458. The largest absolute Gasteiger partial charge is 0.452 e.